The van der Waals surface area contributed by atoms with E-state index in [-0.39, 0.29) is 11.5 Å². The first-order chi connectivity index (χ1) is 10.5. The Morgan fingerprint density at radius 3 is 2.82 bits per heavy atom. The van der Waals surface area contributed by atoms with Gasteiger partial charge in [0.05, 0.1) is 13.0 Å². The van der Waals surface area contributed by atoms with E-state index in [1.807, 2.05) is 18.2 Å². The van der Waals surface area contributed by atoms with E-state index in [2.05, 4.69) is 41.0 Å². The Morgan fingerprint density at radius 2 is 2.09 bits per heavy atom. The largest absolute Gasteiger partial charge is 0.339 e. The van der Waals surface area contributed by atoms with E-state index in [1.165, 1.54) is 5.56 Å². The van der Waals surface area contributed by atoms with E-state index in [0.717, 1.165) is 31.9 Å². The van der Waals surface area contributed by atoms with Crippen molar-refractivity contribution in [3.63, 3.8) is 0 Å². The maximum Gasteiger partial charge on any atom is 0.231 e. The SMILES string of the molecule is CC1(C)CN(Cc2noc(Cc3ccccc3)n2)CCC1N. The molecule has 2 N–H and O–H groups in total. The van der Waals surface area contributed by atoms with E-state index in [1.54, 1.807) is 0 Å². The van der Waals surface area contributed by atoms with Crippen LogP contribution in [0.2, 0.25) is 0 Å². The molecule has 5 heteroatoms. The van der Waals surface area contributed by atoms with Gasteiger partial charge < -0.3 is 10.3 Å². The van der Waals surface area contributed by atoms with Gasteiger partial charge in [-0.1, -0.05) is 49.3 Å². The predicted octanol–water partition coefficient (Wildman–Crippen LogP) is 2.22. The molecular weight excluding hydrogens is 276 g/mol. The average molecular weight is 300 g/mol. The Hall–Kier alpha value is -1.72. The molecule has 1 aliphatic heterocycles. The Balaban J connectivity index is 1.60. The lowest BCUT2D eigenvalue weighted by Crippen LogP contribution is -2.52. The number of benzene rings is 1. The number of hydrogen-bond acceptors (Lipinski definition) is 5. The first-order valence-electron chi connectivity index (χ1n) is 7.86. The van der Waals surface area contributed by atoms with E-state index in [0.29, 0.717) is 12.3 Å². The lowest BCUT2D eigenvalue weighted by molar-refractivity contribution is 0.0872. The van der Waals surface area contributed by atoms with Crippen LogP contribution in [0, 0.1) is 5.41 Å². The number of rotatable bonds is 4. The summed E-state index contributed by atoms with van der Waals surface area (Å²) in [4.78, 5) is 6.88. The molecule has 22 heavy (non-hydrogen) atoms. The molecule has 2 aromatic rings. The highest BCUT2D eigenvalue weighted by Crippen LogP contribution is 2.28. The van der Waals surface area contributed by atoms with E-state index < -0.39 is 0 Å². The Bertz CT molecular complexity index is 608. The smallest absolute Gasteiger partial charge is 0.231 e. The fraction of sp³-hybridized carbons (Fsp3) is 0.529. The van der Waals surface area contributed by atoms with Crippen molar-refractivity contribution in [2.75, 3.05) is 13.1 Å². The first-order valence-corrected chi connectivity index (χ1v) is 7.86. The van der Waals surface area contributed by atoms with Gasteiger partial charge >= 0.3 is 0 Å². The Morgan fingerprint density at radius 1 is 1.32 bits per heavy atom. The number of piperidine rings is 1. The molecule has 3 rings (SSSR count). The molecule has 0 spiro atoms. The fourth-order valence-corrected chi connectivity index (χ4v) is 3.02. The van der Waals surface area contributed by atoms with Crippen LogP contribution in [0.15, 0.2) is 34.9 Å². The second kappa shape index (κ2) is 6.18. The second-order valence-electron chi connectivity index (χ2n) is 6.86. The summed E-state index contributed by atoms with van der Waals surface area (Å²) in [5, 5.41) is 4.11. The van der Waals surface area contributed by atoms with Gasteiger partial charge in [-0.2, -0.15) is 4.98 Å². The van der Waals surface area contributed by atoms with Crippen molar-refractivity contribution < 1.29 is 4.52 Å². The molecule has 2 heterocycles. The molecule has 5 nitrogen and oxygen atoms in total. The van der Waals surface area contributed by atoms with Crippen LogP contribution >= 0.6 is 0 Å². The lowest BCUT2D eigenvalue weighted by atomic mass is 9.80. The van der Waals surface area contributed by atoms with Gasteiger partial charge in [-0.3, -0.25) is 4.90 Å². The van der Waals surface area contributed by atoms with Crippen LogP contribution in [0.5, 0.6) is 0 Å². The number of nitrogens with zero attached hydrogens (tertiary/aromatic N) is 3. The van der Waals surface area contributed by atoms with Gasteiger partial charge in [0.25, 0.3) is 0 Å². The molecule has 0 amide bonds. The molecule has 1 saturated heterocycles. The van der Waals surface area contributed by atoms with Crippen molar-refractivity contribution >= 4 is 0 Å². The standard InChI is InChI=1S/C17H24N4O/c1-17(2)12-21(9-8-14(17)18)11-15-19-16(22-20-15)10-13-6-4-3-5-7-13/h3-7,14H,8-12,18H2,1-2H3. The molecule has 118 valence electrons. The van der Waals surface area contributed by atoms with Gasteiger partial charge in [-0.05, 0) is 17.4 Å². The monoisotopic (exact) mass is 300 g/mol. The predicted molar refractivity (Wildman–Crippen MR) is 85.2 cm³/mol. The highest BCUT2D eigenvalue weighted by atomic mass is 16.5. The zero-order chi connectivity index (χ0) is 15.6. The van der Waals surface area contributed by atoms with Gasteiger partial charge in [0, 0.05) is 19.1 Å². The van der Waals surface area contributed by atoms with Crippen molar-refractivity contribution in [3.8, 4) is 0 Å². The van der Waals surface area contributed by atoms with E-state index >= 15 is 0 Å². The van der Waals surface area contributed by atoms with Gasteiger partial charge in [0.2, 0.25) is 5.89 Å². The Labute approximate surface area is 131 Å². The first kappa shape index (κ1) is 15.2. The van der Waals surface area contributed by atoms with E-state index in [9.17, 15) is 0 Å². The van der Waals surface area contributed by atoms with Crippen LogP contribution < -0.4 is 5.73 Å². The third kappa shape index (κ3) is 3.54. The fourth-order valence-electron chi connectivity index (χ4n) is 3.02. The molecular formula is C17H24N4O. The summed E-state index contributed by atoms with van der Waals surface area (Å²) >= 11 is 0. The van der Waals surface area contributed by atoms with Crippen LogP contribution in [0.3, 0.4) is 0 Å². The zero-order valence-corrected chi connectivity index (χ0v) is 13.3. The van der Waals surface area contributed by atoms with E-state index in [4.69, 9.17) is 10.3 Å². The third-order valence-electron chi connectivity index (χ3n) is 4.46. The van der Waals surface area contributed by atoms with Crippen LogP contribution in [0.4, 0.5) is 0 Å². The lowest BCUT2D eigenvalue weighted by Gasteiger charge is -2.42. The summed E-state index contributed by atoms with van der Waals surface area (Å²) in [5.74, 6) is 1.44. The summed E-state index contributed by atoms with van der Waals surface area (Å²) in [6.45, 7) is 7.14. The molecule has 1 aromatic carbocycles. The van der Waals surface area contributed by atoms with Crippen molar-refractivity contribution in [2.24, 2.45) is 11.1 Å². The minimum absolute atomic E-state index is 0.134. The number of aromatic nitrogens is 2. The van der Waals surface area contributed by atoms with Gasteiger partial charge in [0.15, 0.2) is 5.82 Å². The van der Waals surface area contributed by atoms with Crippen LogP contribution in [-0.4, -0.2) is 34.2 Å². The summed E-state index contributed by atoms with van der Waals surface area (Å²) in [5.41, 5.74) is 7.50. The molecule has 1 fully saturated rings. The molecule has 0 saturated carbocycles. The highest BCUT2D eigenvalue weighted by molar-refractivity contribution is 5.17. The minimum Gasteiger partial charge on any atom is -0.339 e. The van der Waals surface area contributed by atoms with Crippen LogP contribution in [-0.2, 0) is 13.0 Å². The summed E-state index contributed by atoms with van der Waals surface area (Å²) < 4.78 is 5.37. The van der Waals surface area contributed by atoms with Crippen LogP contribution in [0.1, 0.15) is 37.5 Å². The topological polar surface area (TPSA) is 68.2 Å². The summed E-state index contributed by atoms with van der Waals surface area (Å²) in [7, 11) is 0. The van der Waals surface area contributed by atoms with Crippen molar-refractivity contribution in [3.05, 3.63) is 47.6 Å². The van der Waals surface area contributed by atoms with Gasteiger partial charge in [-0.15, -0.1) is 0 Å². The zero-order valence-electron chi connectivity index (χ0n) is 13.3. The van der Waals surface area contributed by atoms with Crippen molar-refractivity contribution in [1.82, 2.24) is 15.0 Å². The molecule has 1 unspecified atom stereocenters. The van der Waals surface area contributed by atoms with Gasteiger partial charge in [0.1, 0.15) is 0 Å². The quantitative estimate of drug-likeness (QED) is 0.937. The molecule has 1 aliphatic rings. The third-order valence-corrected chi connectivity index (χ3v) is 4.46. The minimum atomic E-state index is 0.134. The Kier molecular flexibility index (Phi) is 4.27. The van der Waals surface area contributed by atoms with Gasteiger partial charge in [-0.25, -0.2) is 0 Å². The summed E-state index contributed by atoms with van der Waals surface area (Å²) in [6, 6.07) is 10.4. The van der Waals surface area contributed by atoms with Crippen molar-refractivity contribution in [1.29, 1.82) is 0 Å². The number of hydrogen-bond donors (Lipinski definition) is 1. The normalized spacial score (nSPS) is 21.9. The molecule has 0 aliphatic carbocycles. The average Bonchev–Trinajstić information content (AvgIpc) is 2.91. The molecule has 1 aromatic heterocycles. The van der Waals surface area contributed by atoms with Crippen molar-refractivity contribution in [2.45, 2.75) is 39.3 Å². The summed E-state index contributed by atoms with van der Waals surface area (Å²) in [6.07, 6.45) is 1.70. The molecule has 0 radical (unpaired) electrons. The molecule has 1 atom stereocenters. The maximum atomic E-state index is 6.18. The number of likely N-dealkylation sites (tertiary alicyclic amines) is 1. The molecule has 0 bridgehead atoms. The maximum absolute atomic E-state index is 6.18. The number of nitrogens with two attached hydrogens (primary N) is 1. The van der Waals surface area contributed by atoms with Crippen LogP contribution in [0.25, 0.3) is 0 Å². The second-order valence-corrected chi connectivity index (χ2v) is 6.86. The highest BCUT2D eigenvalue weighted by Gasteiger charge is 2.33.